The van der Waals surface area contributed by atoms with Crippen molar-refractivity contribution in [3.63, 3.8) is 0 Å². The van der Waals surface area contributed by atoms with Crippen LogP contribution in [0.5, 0.6) is 0 Å². The predicted octanol–water partition coefficient (Wildman–Crippen LogP) is 2.08. The molecule has 3 saturated carbocycles. The first kappa shape index (κ1) is 11.9. The first-order valence-corrected chi connectivity index (χ1v) is 7.89. The van der Waals surface area contributed by atoms with Crippen LogP contribution in [-0.4, -0.2) is 26.8 Å². The Morgan fingerprint density at radius 1 is 1.26 bits per heavy atom. The lowest BCUT2D eigenvalue weighted by Gasteiger charge is -2.34. The van der Waals surface area contributed by atoms with E-state index in [4.69, 9.17) is 0 Å². The molecule has 19 heavy (non-hydrogen) atoms. The molecule has 6 atom stereocenters. The third kappa shape index (κ3) is 2.00. The van der Waals surface area contributed by atoms with Crippen molar-refractivity contribution in [2.75, 3.05) is 0 Å². The summed E-state index contributed by atoms with van der Waals surface area (Å²) in [6.07, 6.45) is 10.9. The molecular formula is C15H24N4. The van der Waals surface area contributed by atoms with E-state index in [1.165, 1.54) is 32.1 Å². The molecule has 0 amide bonds. The molecule has 2 bridgehead atoms. The number of hydrogen-bond acceptors (Lipinski definition) is 3. The minimum absolute atomic E-state index is 0.492. The van der Waals surface area contributed by atoms with Gasteiger partial charge in [0.25, 0.3) is 0 Å². The van der Waals surface area contributed by atoms with Crippen molar-refractivity contribution in [3.05, 3.63) is 12.7 Å². The highest BCUT2D eigenvalue weighted by atomic mass is 15.3. The topological polar surface area (TPSA) is 42.7 Å². The van der Waals surface area contributed by atoms with Crippen LogP contribution >= 0.6 is 0 Å². The molecule has 0 aliphatic heterocycles. The van der Waals surface area contributed by atoms with E-state index in [1.54, 1.807) is 6.33 Å². The van der Waals surface area contributed by atoms with Crippen LogP contribution in [0.3, 0.4) is 0 Å². The summed E-state index contributed by atoms with van der Waals surface area (Å²) in [4.78, 5) is 4.01. The van der Waals surface area contributed by atoms with Crippen molar-refractivity contribution < 1.29 is 0 Å². The summed E-state index contributed by atoms with van der Waals surface area (Å²) in [5, 5.41) is 8.07. The van der Waals surface area contributed by atoms with E-state index >= 15 is 0 Å². The molecule has 0 unspecified atom stereocenters. The fraction of sp³-hybridized carbons (Fsp3) is 0.867. The summed E-state index contributed by atoms with van der Waals surface area (Å²) >= 11 is 0. The molecule has 4 rings (SSSR count). The normalized spacial score (nSPS) is 41.6. The lowest BCUT2D eigenvalue weighted by atomic mass is 9.79. The first-order valence-electron chi connectivity index (χ1n) is 7.89. The Morgan fingerprint density at radius 3 is 3.00 bits per heavy atom. The average Bonchev–Trinajstić information content (AvgIpc) is 3.10. The van der Waals surface area contributed by atoms with Crippen LogP contribution in [0, 0.1) is 23.7 Å². The number of rotatable bonds is 4. The third-order valence-electron chi connectivity index (χ3n) is 5.85. The number of nitrogens with one attached hydrogen (secondary N) is 1. The summed E-state index contributed by atoms with van der Waals surface area (Å²) < 4.78 is 1.93. The van der Waals surface area contributed by atoms with Crippen LogP contribution in [0.4, 0.5) is 0 Å². The van der Waals surface area contributed by atoms with Gasteiger partial charge in [-0.1, -0.05) is 6.42 Å². The van der Waals surface area contributed by atoms with E-state index in [1.807, 2.05) is 11.0 Å². The highest BCUT2D eigenvalue weighted by Gasteiger charge is 2.53. The minimum atomic E-state index is 0.492. The van der Waals surface area contributed by atoms with Crippen LogP contribution in [0.25, 0.3) is 0 Å². The van der Waals surface area contributed by atoms with Gasteiger partial charge in [-0.15, -0.1) is 0 Å². The molecule has 4 heteroatoms. The van der Waals surface area contributed by atoms with Gasteiger partial charge in [0.1, 0.15) is 12.7 Å². The van der Waals surface area contributed by atoms with Gasteiger partial charge < -0.3 is 5.32 Å². The van der Waals surface area contributed by atoms with Gasteiger partial charge in [0.05, 0.1) is 6.54 Å². The quantitative estimate of drug-likeness (QED) is 0.901. The number of hydrogen-bond donors (Lipinski definition) is 1. The van der Waals surface area contributed by atoms with Crippen LogP contribution in [0.2, 0.25) is 0 Å². The van der Waals surface area contributed by atoms with Crippen LogP contribution in [-0.2, 0) is 6.54 Å². The van der Waals surface area contributed by atoms with Crippen LogP contribution < -0.4 is 5.32 Å². The molecule has 0 spiro atoms. The summed E-state index contributed by atoms with van der Waals surface area (Å²) in [7, 11) is 0. The second kappa shape index (κ2) is 4.58. The van der Waals surface area contributed by atoms with E-state index in [-0.39, 0.29) is 0 Å². The molecule has 1 aromatic heterocycles. The molecule has 1 heterocycles. The van der Waals surface area contributed by atoms with E-state index < -0.39 is 0 Å². The van der Waals surface area contributed by atoms with Crippen molar-refractivity contribution in [2.45, 2.75) is 57.7 Å². The lowest BCUT2D eigenvalue weighted by Crippen LogP contribution is -2.45. The zero-order chi connectivity index (χ0) is 12.8. The maximum absolute atomic E-state index is 4.20. The van der Waals surface area contributed by atoms with Gasteiger partial charge in [-0.3, -0.25) is 4.68 Å². The second-order valence-corrected chi connectivity index (χ2v) is 6.95. The van der Waals surface area contributed by atoms with E-state index in [9.17, 15) is 0 Å². The molecule has 0 saturated heterocycles. The predicted molar refractivity (Wildman–Crippen MR) is 73.5 cm³/mol. The lowest BCUT2D eigenvalue weighted by molar-refractivity contribution is 0.195. The van der Waals surface area contributed by atoms with Gasteiger partial charge in [-0.05, 0) is 56.3 Å². The molecule has 1 N–H and O–H groups in total. The Kier molecular flexibility index (Phi) is 2.87. The maximum Gasteiger partial charge on any atom is 0.137 e. The Hall–Kier alpha value is -0.900. The van der Waals surface area contributed by atoms with Gasteiger partial charge >= 0.3 is 0 Å². The van der Waals surface area contributed by atoms with Crippen molar-refractivity contribution in [1.82, 2.24) is 20.1 Å². The van der Waals surface area contributed by atoms with Crippen molar-refractivity contribution in [2.24, 2.45) is 23.7 Å². The second-order valence-electron chi connectivity index (χ2n) is 6.95. The monoisotopic (exact) mass is 260 g/mol. The molecular weight excluding hydrogens is 236 g/mol. The summed E-state index contributed by atoms with van der Waals surface area (Å²) in [6, 6.07) is 1.26. The third-order valence-corrected chi connectivity index (χ3v) is 5.85. The average molecular weight is 260 g/mol. The van der Waals surface area contributed by atoms with Crippen LogP contribution in [0.1, 0.15) is 39.0 Å². The molecule has 104 valence electrons. The largest absolute Gasteiger partial charge is 0.309 e. The van der Waals surface area contributed by atoms with Gasteiger partial charge in [-0.25, -0.2) is 4.98 Å². The van der Waals surface area contributed by atoms with Crippen molar-refractivity contribution in [1.29, 1.82) is 0 Å². The number of aromatic nitrogens is 3. The van der Waals surface area contributed by atoms with Crippen molar-refractivity contribution in [3.8, 4) is 0 Å². The zero-order valence-corrected chi connectivity index (χ0v) is 11.7. The first-order chi connectivity index (χ1) is 9.31. The summed E-state index contributed by atoms with van der Waals surface area (Å²) in [5.41, 5.74) is 0. The maximum atomic E-state index is 4.20. The SMILES string of the molecule is C[C@H](Cn1cncn1)N[C@@H]1C[C@H]2C[C@H]1[C@H]1CCC[C@H]21. The summed E-state index contributed by atoms with van der Waals surface area (Å²) in [5.74, 6) is 4.15. The zero-order valence-electron chi connectivity index (χ0n) is 11.7. The van der Waals surface area contributed by atoms with Gasteiger partial charge in [0, 0.05) is 12.1 Å². The molecule has 0 radical (unpaired) electrons. The Bertz CT molecular complexity index is 429. The molecule has 3 fully saturated rings. The molecule has 0 aromatic carbocycles. The smallest absolute Gasteiger partial charge is 0.137 e. The Morgan fingerprint density at radius 2 is 2.16 bits per heavy atom. The highest BCUT2D eigenvalue weighted by Crippen LogP contribution is 2.58. The van der Waals surface area contributed by atoms with E-state index in [2.05, 4.69) is 22.3 Å². The fourth-order valence-corrected chi connectivity index (χ4v) is 5.29. The standard InChI is InChI=1S/C15H24N4/c1-10(7-19-9-16-8-17-19)18-15-6-11-5-14(15)13-4-2-3-12(11)13/h8-15,18H,2-7H2,1H3/t10-,11-,12-,13+,14+,15-/m1/s1. The Labute approximate surface area is 115 Å². The van der Waals surface area contributed by atoms with Crippen molar-refractivity contribution >= 4 is 0 Å². The summed E-state index contributed by atoms with van der Waals surface area (Å²) in [6.45, 7) is 3.21. The molecule has 1 aromatic rings. The number of nitrogens with zero attached hydrogens (tertiary/aromatic N) is 3. The van der Waals surface area contributed by atoms with E-state index in [0.29, 0.717) is 6.04 Å². The highest BCUT2D eigenvalue weighted by molar-refractivity contribution is 5.05. The van der Waals surface area contributed by atoms with Crippen LogP contribution in [0.15, 0.2) is 12.7 Å². The molecule has 4 nitrogen and oxygen atoms in total. The Balaban J connectivity index is 1.37. The fourth-order valence-electron chi connectivity index (χ4n) is 5.29. The molecule has 3 aliphatic carbocycles. The van der Waals surface area contributed by atoms with Gasteiger partial charge in [0.15, 0.2) is 0 Å². The number of fused-ring (bicyclic) bond motifs is 5. The minimum Gasteiger partial charge on any atom is -0.309 e. The van der Waals surface area contributed by atoms with E-state index in [0.717, 1.165) is 36.3 Å². The van der Waals surface area contributed by atoms with Gasteiger partial charge in [-0.2, -0.15) is 5.10 Å². The molecule has 3 aliphatic rings. The van der Waals surface area contributed by atoms with Gasteiger partial charge in [0.2, 0.25) is 0 Å².